The van der Waals surface area contributed by atoms with Gasteiger partial charge < -0.3 is 9.64 Å². The van der Waals surface area contributed by atoms with E-state index in [0.29, 0.717) is 11.1 Å². The Kier molecular flexibility index (Phi) is 4.55. The van der Waals surface area contributed by atoms with Crippen molar-refractivity contribution in [3.05, 3.63) is 54.5 Å². The molecule has 1 aromatic heterocycles. The molecule has 2 aromatic carbocycles. The molecule has 0 bridgehead atoms. The van der Waals surface area contributed by atoms with Gasteiger partial charge in [-0.15, -0.1) is 0 Å². The highest BCUT2D eigenvalue weighted by Crippen LogP contribution is 2.34. The molecule has 1 saturated heterocycles. The van der Waals surface area contributed by atoms with Crippen molar-refractivity contribution in [3.63, 3.8) is 0 Å². The lowest BCUT2D eigenvalue weighted by Gasteiger charge is -2.30. The van der Waals surface area contributed by atoms with Crippen molar-refractivity contribution in [2.24, 2.45) is 0 Å². The topological polar surface area (TPSA) is 51.5 Å². The zero-order chi connectivity index (χ0) is 19.0. The summed E-state index contributed by atoms with van der Waals surface area (Å²) in [5.41, 5.74) is 0.822. The van der Waals surface area contributed by atoms with Gasteiger partial charge in [0.1, 0.15) is 11.6 Å². The molecule has 1 fully saturated rings. The summed E-state index contributed by atoms with van der Waals surface area (Å²) in [4.78, 5) is 2.26. The molecule has 0 unspecified atom stereocenters. The van der Waals surface area contributed by atoms with Crippen molar-refractivity contribution in [3.8, 4) is 5.75 Å². The highest BCUT2D eigenvalue weighted by Gasteiger charge is 2.24. The van der Waals surface area contributed by atoms with Gasteiger partial charge in [-0.05, 0) is 49.6 Å². The first kappa shape index (κ1) is 17.9. The van der Waals surface area contributed by atoms with Crippen LogP contribution in [-0.4, -0.2) is 32.6 Å². The van der Waals surface area contributed by atoms with Crippen LogP contribution in [0.15, 0.2) is 53.6 Å². The van der Waals surface area contributed by atoms with E-state index in [1.165, 1.54) is 24.8 Å². The second kappa shape index (κ2) is 6.88. The first-order valence-electron chi connectivity index (χ1n) is 8.96. The Hall–Kier alpha value is -2.54. The van der Waals surface area contributed by atoms with Crippen LogP contribution in [-0.2, 0) is 10.0 Å². The second-order valence-electron chi connectivity index (χ2n) is 6.68. The lowest BCUT2D eigenvalue weighted by Crippen LogP contribution is -2.30. The smallest absolute Gasteiger partial charge is 0.268 e. The van der Waals surface area contributed by atoms with Crippen LogP contribution in [0.1, 0.15) is 19.3 Å². The Morgan fingerprint density at radius 1 is 1.04 bits per heavy atom. The zero-order valence-electron chi connectivity index (χ0n) is 15.1. The summed E-state index contributed by atoms with van der Waals surface area (Å²) >= 11 is 0. The van der Waals surface area contributed by atoms with Crippen molar-refractivity contribution >= 4 is 26.6 Å². The highest BCUT2D eigenvalue weighted by molar-refractivity contribution is 7.90. The molecule has 0 radical (unpaired) electrons. The number of rotatable bonds is 4. The fourth-order valence-corrected chi connectivity index (χ4v) is 5.03. The first-order chi connectivity index (χ1) is 13.0. The Morgan fingerprint density at radius 3 is 2.56 bits per heavy atom. The number of hydrogen-bond donors (Lipinski definition) is 0. The fraction of sp³-hybridized carbons (Fsp3) is 0.300. The molecule has 7 heteroatoms. The molecule has 1 aliphatic rings. The van der Waals surface area contributed by atoms with E-state index in [1.54, 1.807) is 37.4 Å². The van der Waals surface area contributed by atoms with Crippen LogP contribution < -0.4 is 9.64 Å². The van der Waals surface area contributed by atoms with Gasteiger partial charge in [-0.2, -0.15) is 0 Å². The number of anilines is 1. The van der Waals surface area contributed by atoms with Gasteiger partial charge >= 0.3 is 0 Å². The Bertz CT molecular complexity index is 1090. The fourth-order valence-electron chi connectivity index (χ4n) is 3.65. The SMILES string of the molecule is COc1ccc(S(=O)(=O)n2ccc3cccc(F)c32)cc1N1CCCCC1. The molecule has 0 N–H and O–H groups in total. The van der Waals surface area contributed by atoms with E-state index in [0.717, 1.165) is 35.6 Å². The van der Waals surface area contributed by atoms with Crippen LogP contribution in [0.3, 0.4) is 0 Å². The minimum atomic E-state index is -3.94. The summed E-state index contributed by atoms with van der Waals surface area (Å²) in [6.07, 6.45) is 4.69. The quantitative estimate of drug-likeness (QED) is 0.678. The van der Waals surface area contributed by atoms with Gasteiger partial charge in [-0.25, -0.2) is 16.8 Å². The number of hydrogen-bond acceptors (Lipinski definition) is 4. The monoisotopic (exact) mass is 388 g/mol. The Morgan fingerprint density at radius 2 is 1.81 bits per heavy atom. The summed E-state index contributed by atoms with van der Waals surface area (Å²) in [6, 6.07) is 10.9. The third-order valence-electron chi connectivity index (χ3n) is 5.03. The maximum absolute atomic E-state index is 14.3. The van der Waals surface area contributed by atoms with Crippen molar-refractivity contribution in [1.82, 2.24) is 3.97 Å². The van der Waals surface area contributed by atoms with Gasteiger partial charge in [-0.1, -0.05) is 12.1 Å². The van der Waals surface area contributed by atoms with Crippen LogP contribution >= 0.6 is 0 Å². The average Bonchev–Trinajstić information content (AvgIpc) is 3.14. The van der Waals surface area contributed by atoms with Gasteiger partial charge in [-0.3, -0.25) is 0 Å². The van der Waals surface area contributed by atoms with Gasteiger partial charge in [0, 0.05) is 24.7 Å². The van der Waals surface area contributed by atoms with Crippen LogP contribution in [0.5, 0.6) is 5.75 Å². The summed E-state index contributed by atoms with van der Waals surface area (Å²) in [5.74, 6) is 0.0743. The van der Waals surface area contributed by atoms with Crippen molar-refractivity contribution in [2.45, 2.75) is 24.2 Å². The predicted molar refractivity (Wildman–Crippen MR) is 104 cm³/mol. The summed E-state index contributed by atoms with van der Waals surface area (Å²) in [5, 5.41) is 0.545. The molecule has 0 atom stereocenters. The third-order valence-corrected chi connectivity index (χ3v) is 6.70. The summed E-state index contributed by atoms with van der Waals surface area (Å²) in [6.45, 7) is 1.72. The number of halogens is 1. The van der Waals surface area contributed by atoms with E-state index in [9.17, 15) is 12.8 Å². The van der Waals surface area contributed by atoms with Crippen LogP contribution in [0.4, 0.5) is 10.1 Å². The molecule has 142 valence electrons. The molecule has 0 saturated carbocycles. The molecule has 3 aromatic rings. The molecule has 2 heterocycles. The largest absolute Gasteiger partial charge is 0.495 e. The van der Waals surface area contributed by atoms with Crippen molar-refractivity contribution < 1.29 is 17.5 Å². The number of ether oxygens (including phenoxy) is 1. The maximum Gasteiger partial charge on any atom is 0.268 e. The van der Waals surface area contributed by atoms with Crippen LogP contribution in [0.25, 0.3) is 10.9 Å². The number of para-hydroxylation sites is 1. The number of fused-ring (bicyclic) bond motifs is 1. The standard InChI is InChI=1S/C20H21FN2O3S/c1-26-19-9-8-16(14-18(19)22-11-3-2-4-12-22)27(24,25)23-13-10-15-6-5-7-17(21)20(15)23/h5-10,13-14H,2-4,11-12H2,1H3. The summed E-state index contributed by atoms with van der Waals surface area (Å²) in [7, 11) is -2.36. The molecule has 0 spiro atoms. The molecule has 1 aliphatic heterocycles. The summed E-state index contributed by atoms with van der Waals surface area (Å²) < 4.78 is 47.2. The predicted octanol–water partition coefficient (Wildman–Crippen LogP) is 4.02. The Balaban J connectivity index is 1.84. The number of nitrogens with zero attached hydrogens (tertiary/aromatic N) is 2. The van der Waals surface area contributed by atoms with E-state index in [4.69, 9.17) is 4.74 Å². The molecule has 4 rings (SSSR count). The molecular weight excluding hydrogens is 367 g/mol. The van der Waals surface area contributed by atoms with Crippen molar-refractivity contribution in [2.75, 3.05) is 25.1 Å². The van der Waals surface area contributed by atoms with Crippen LogP contribution in [0, 0.1) is 5.82 Å². The van der Waals surface area contributed by atoms with E-state index >= 15 is 0 Å². The van der Waals surface area contributed by atoms with Crippen LogP contribution in [0.2, 0.25) is 0 Å². The van der Waals surface area contributed by atoms with Gasteiger partial charge in [0.25, 0.3) is 10.0 Å². The van der Waals surface area contributed by atoms with E-state index in [1.807, 2.05) is 0 Å². The molecular formula is C20H21FN2O3S. The maximum atomic E-state index is 14.3. The first-order valence-corrected chi connectivity index (χ1v) is 10.4. The molecule has 0 aliphatic carbocycles. The molecule has 5 nitrogen and oxygen atoms in total. The van der Waals surface area contributed by atoms with Gasteiger partial charge in [0.2, 0.25) is 0 Å². The number of methoxy groups -OCH3 is 1. The van der Waals surface area contributed by atoms with Gasteiger partial charge in [0.15, 0.2) is 0 Å². The third kappa shape index (κ3) is 3.06. The second-order valence-corrected chi connectivity index (χ2v) is 8.49. The molecule has 27 heavy (non-hydrogen) atoms. The normalized spacial score (nSPS) is 15.3. The molecule has 0 amide bonds. The zero-order valence-corrected chi connectivity index (χ0v) is 15.9. The minimum absolute atomic E-state index is 0.0628. The average molecular weight is 388 g/mol. The number of benzene rings is 2. The van der Waals surface area contributed by atoms with E-state index in [2.05, 4.69) is 4.90 Å². The minimum Gasteiger partial charge on any atom is -0.495 e. The highest BCUT2D eigenvalue weighted by atomic mass is 32.2. The van der Waals surface area contributed by atoms with Gasteiger partial charge in [0.05, 0.1) is 23.2 Å². The lowest BCUT2D eigenvalue weighted by molar-refractivity contribution is 0.412. The van der Waals surface area contributed by atoms with E-state index < -0.39 is 15.8 Å². The Labute approximate surface area is 158 Å². The van der Waals surface area contributed by atoms with E-state index in [-0.39, 0.29) is 10.4 Å². The number of piperidine rings is 1. The number of aromatic nitrogens is 1. The van der Waals surface area contributed by atoms with Crippen molar-refractivity contribution in [1.29, 1.82) is 0 Å². The lowest BCUT2D eigenvalue weighted by atomic mass is 10.1.